The molecule has 3 N–H and O–H groups in total. The van der Waals surface area contributed by atoms with Gasteiger partial charge in [-0.3, -0.25) is 4.79 Å². The first kappa shape index (κ1) is 30.3. The summed E-state index contributed by atoms with van der Waals surface area (Å²) in [5.74, 6) is -1.13. The van der Waals surface area contributed by atoms with E-state index < -0.39 is 11.6 Å². The lowest BCUT2D eigenvalue weighted by Crippen LogP contribution is -2.39. The zero-order chi connectivity index (χ0) is 28.4. The molecule has 0 aliphatic carbocycles. The van der Waals surface area contributed by atoms with Crippen LogP contribution in [0.1, 0.15) is 105 Å². The largest absolute Gasteiger partial charge is 0.398 e. The van der Waals surface area contributed by atoms with Gasteiger partial charge in [0.05, 0.1) is 6.54 Å². The molecule has 0 spiro atoms. The highest BCUT2D eigenvalue weighted by atomic mass is 19.1. The Morgan fingerprint density at radius 2 is 1.41 bits per heavy atom. The molecule has 0 bridgehead atoms. The van der Waals surface area contributed by atoms with E-state index in [0.717, 1.165) is 41.5 Å². The number of aryl methyl sites for hydroxylation is 1. The van der Waals surface area contributed by atoms with Crippen LogP contribution in [0.4, 0.5) is 15.8 Å². The third kappa shape index (κ3) is 7.22. The van der Waals surface area contributed by atoms with Gasteiger partial charge in [0, 0.05) is 16.9 Å². The molecule has 1 atom stereocenters. The number of nitrogen functional groups attached to an aromatic ring is 1. The van der Waals surface area contributed by atoms with Gasteiger partial charge in [0.1, 0.15) is 0 Å². The minimum absolute atomic E-state index is 0.153. The Balaban J connectivity index is 1.70. The molecule has 0 saturated heterocycles. The summed E-state index contributed by atoms with van der Waals surface area (Å²) in [6.45, 7) is 10.3. The van der Waals surface area contributed by atoms with Crippen LogP contribution in [0.5, 0.6) is 0 Å². The predicted octanol–water partition coefficient (Wildman–Crippen LogP) is 7.26. The maximum absolute atomic E-state index is 16.9. The number of nitrogens with zero attached hydrogens (tertiary/aromatic N) is 4. The van der Waals surface area contributed by atoms with E-state index in [4.69, 9.17) is 5.73 Å². The van der Waals surface area contributed by atoms with Crippen molar-refractivity contribution in [1.82, 2.24) is 20.2 Å². The molecule has 7 nitrogen and oxygen atoms in total. The van der Waals surface area contributed by atoms with E-state index >= 15 is 4.39 Å². The number of amides is 1. The van der Waals surface area contributed by atoms with Gasteiger partial charge in [-0.1, -0.05) is 95.0 Å². The Hall–Kier alpha value is -3.29. The topological polar surface area (TPSA) is 98.7 Å². The average Bonchev–Trinajstić information content (AvgIpc) is 3.43. The maximum Gasteiger partial charge on any atom is 0.276 e. The second-order valence-electron chi connectivity index (χ2n) is 10.7. The van der Waals surface area contributed by atoms with Gasteiger partial charge in [0.2, 0.25) is 5.82 Å². The molecule has 1 aromatic heterocycles. The van der Waals surface area contributed by atoms with Crippen molar-refractivity contribution in [3.8, 4) is 0 Å². The number of nitrogens with two attached hydrogens (primary N) is 1. The van der Waals surface area contributed by atoms with E-state index in [1.807, 2.05) is 27.7 Å². The number of rotatable bonds is 15. The molecule has 0 aliphatic heterocycles. The second kappa shape index (κ2) is 14.2. The lowest BCUT2D eigenvalue weighted by atomic mass is 9.92. The van der Waals surface area contributed by atoms with Gasteiger partial charge in [-0.15, -0.1) is 10.2 Å². The number of carbonyl (C=O) groups is 1. The third-order valence-corrected chi connectivity index (χ3v) is 7.88. The minimum atomic E-state index is -2.61. The van der Waals surface area contributed by atoms with Crippen molar-refractivity contribution < 1.29 is 9.18 Å². The minimum Gasteiger partial charge on any atom is -0.398 e. The molecule has 1 heterocycles. The maximum atomic E-state index is 16.9. The van der Waals surface area contributed by atoms with Gasteiger partial charge >= 0.3 is 0 Å². The first-order valence-corrected chi connectivity index (χ1v) is 14.4. The van der Waals surface area contributed by atoms with Crippen LogP contribution in [0.2, 0.25) is 0 Å². The second-order valence-corrected chi connectivity index (χ2v) is 10.7. The number of hydrogen-bond acceptors (Lipinski definition) is 5. The molecule has 8 heteroatoms. The summed E-state index contributed by atoms with van der Waals surface area (Å²) in [7, 11) is 0. The van der Waals surface area contributed by atoms with Crippen LogP contribution in [0, 0.1) is 27.7 Å². The summed E-state index contributed by atoms with van der Waals surface area (Å²) in [6.07, 6.45) is 12.2. The number of aromatic nitrogens is 4. The number of alkyl halides is 1. The number of anilines is 2. The summed E-state index contributed by atoms with van der Waals surface area (Å²) in [5.41, 5.74) is 8.33. The third-order valence-electron chi connectivity index (χ3n) is 7.88. The fourth-order valence-corrected chi connectivity index (χ4v) is 4.97. The molecule has 2 aromatic carbocycles. The first-order chi connectivity index (χ1) is 18.7. The summed E-state index contributed by atoms with van der Waals surface area (Å²) in [6, 6.07) is 8.31. The summed E-state index contributed by atoms with van der Waals surface area (Å²) < 4.78 is 16.9. The highest BCUT2D eigenvalue weighted by molar-refractivity contribution is 6.01. The molecular weight excluding hydrogens is 491 g/mol. The Kier molecular flexibility index (Phi) is 11.0. The Bertz CT molecular complexity index is 1200. The first-order valence-electron chi connectivity index (χ1n) is 14.4. The van der Waals surface area contributed by atoms with Crippen molar-refractivity contribution in [1.29, 1.82) is 0 Å². The monoisotopic (exact) mass is 536 g/mol. The molecule has 1 unspecified atom stereocenters. The van der Waals surface area contributed by atoms with Crippen molar-refractivity contribution in [2.45, 2.75) is 111 Å². The molecular formula is C31H45FN6O. The molecule has 3 rings (SSSR count). The van der Waals surface area contributed by atoms with Crippen LogP contribution in [-0.4, -0.2) is 26.1 Å². The summed E-state index contributed by atoms with van der Waals surface area (Å²) in [4.78, 5) is 15.1. The van der Waals surface area contributed by atoms with Crippen molar-refractivity contribution in [3.63, 3.8) is 0 Å². The smallest absolute Gasteiger partial charge is 0.276 e. The lowest BCUT2D eigenvalue weighted by Gasteiger charge is -2.24. The molecule has 0 radical (unpaired) electrons. The fourth-order valence-electron chi connectivity index (χ4n) is 4.97. The van der Waals surface area contributed by atoms with Gasteiger partial charge in [-0.25, -0.2) is 4.39 Å². The van der Waals surface area contributed by atoms with Crippen molar-refractivity contribution in [3.05, 3.63) is 64.0 Å². The Labute approximate surface area is 232 Å². The predicted molar refractivity (Wildman–Crippen MR) is 156 cm³/mol. The van der Waals surface area contributed by atoms with E-state index in [-0.39, 0.29) is 11.4 Å². The fraction of sp³-hybridized carbons (Fsp3) is 0.548. The number of carbonyl (C=O) groups excluding carboxylic acids is 1. The van der Waals surface area contributed by atoms with Crippen molar-refractivity contribution >= 4 is 17.3 Å². The van der Waals surface area contributed by atoms with Crippen LogP contribution in [0.25, 0.3) is 0 Å². The standard InChI is InChI=1S/C31H45FN6O/c1-6-7-8-9-10-11-12-13-14-18-21-38-36-29(35-37-38)31(32,26-19-16-15-17-20-26)30(39)34-28-24(4)22(2)27(33)23(3)25(28)5/h15-17,19-20H,6-14,18,21,33H2,1-5H3,(H,34,39). The van der Waals surface area contributed by atoms with Crippen LogP contribution >= 0.6 is 0 Å². The van der Waals surface area contributed by atoms with Crippen LogP contribution < -0.4 is 11.1 Å². The molecule has 0 aliphatic rings. The number of unbranched alkanes of at least 4 members (excludes halogenated alkanes) is 9. The van der Waals surface area contributed by atoms with Gasteiger partial charge in [0.25, 0.3) is 11.6 Å². The highest BCUT2D eigenvalue weighted by Crippen LogP contribution is 2.36. The zero-order valence-electron chi connectivity index (χ0n) is 24.3. The Morgan fingerprint density at radius 3 is 1.97 bits per heavy atom. The van der Waals surface area contributed by atoms with E-state index in [1.54, 1.807) is 30.3 Å². The van der Waals surface area contributed by atoms with Crippen LogP contribution in [0.3, 0.4) is 0 Å². The van der Waals surface area contributed by atoms with Gasteiger partial charge in [0.15, 0.2) is 0 Å². The van der Waals surface area contributed by atoms with E-state index in [9.17, 15) is 4.79 Å². The zero-order valence-corrected chi connectivity index (χ0v) is 24.3. The lowest BCUT2D eigenvalue weighted by molar-refractivity contribution is -0.125. The number of tetrazole rings is 1. The highest BCUT2D eigenvalue weighted by Gasteiger charge is 2.47. The van der Waals surface area contributed by atoms with Crippen molar-refractivity contribution in [2.75, 3.05) is 11.1 Å². The number of nitrogens with one attached hydrogen (secondary N) is 1. The quantitative estimate of drug-likeness (QED) is 0.157. The van der Waals surface area contributed by atoms with E-state index in [1.165, 1.54) is 49.7 Å². The SMILES string of the molecule is CCCCCCCCCCCCn1nnc(C(F)(C(=O)Nc2c(C)c(C)c(N)c(C)c2C)c2ccccc2)n1. The van der Waals surface area contributed by atoms with Gasteiger partial charge in [-0.05, 0) is 61.6 Å². The normalized spacial score (nSPS) is 12.9. The van der Waals surface area contributed by atoms with Crippen LogP contribution in [0.15, 0.2) is 30.3 Å². The molecule has 0 fully saturated rings. The number of hydrogen-bond donors (Lipinski definition) is 2. The summed E-state index contributed by atoms with van der Waals surface area (Å²) >= 11 is 0. The van der Waals surface area contributed by atoms with Gasteiger partial charge < -0.3 is 11.1 Å². The molecule has 212 valence electrons. The molecule has 1 amide bonds. The van der Waals surface area contributed by atoms with E-state index in [0.29, 0.717) is 17.9 Å². The molecule has 39 heavy (non-hydrogen) atoms. The van der Waals surface area contributed by atoms with Gasteiger partial charge in [-0.2, -0.15) is 4.80 Å². The number of benzene rings is 2. The Morgan fingerprint density at radius 1 is 0.872 bits per heavy atom. The van der Waals surface area contributed by atoms with Crippen molar-refractivity contribution in [2.24, 2.45) is 0 Å². The van der Waals surface area contributed by atoms with Crippen LogP contribution in [-0.2, 0) is 17.0 Å². The molecule has 3 aromatic rings. The number of halogens is 1. The average molecular weight is 537 g/mol. The molecule has 0 saturated carbocycles. The summed E-state index contributed by atoms with van der Waals surface area (Å²) in [5, 5.41) is 15.3. The van der Waals surface area contributed by atoms with E-state index in [2.05, 4.69) is 27.7 Å².